The standard InChI is InChI=1S/C24H35NO4/c1-17-20(11-9-7-8-10-16-28-24(5,6)22(26)27)25-21(29-17)18-12-14-19(15-13-18)23(2,3)4/h12-15H,7-11,16H2,1-6H3,(H,26,27). The van der Waals surface area contributed by atoms with Gasteiger partial charge in [0.25, 0.3) is 0 Å². The molecule has 29 heavy (non-hydrogen) atoms. The van der Waals surface area contributed by atoms with E-state index < -0.39 is 11.6 Å². The molecule has 5 heteroatoms. The first-order chi connectivity index (χ1) is 13.5. The quantitative estimate of drug-likeness (QED) is 0.500. The van der Waals surface area contributed by atoms with E-state index in [1.54, 1.807) is 13.8 Å². The average Bonchev–Trinajstić information content (AvgIpc) is 3.01. The second-order valence-corrected chi connectivity index (χ2v) is 9.18. The normalized spacial score (nSPS) is 12.3. The summed E-state index contributed by atoms with van der Waals surface area (Å²) in [5.41, 5.74) is 2.33. The zero-order valence-electron chi connectivity index (χ0n) is 18.7. The second-order valence-electron chi connectivity index (χ2n) is 9.18. The average molecular weight is 402 g/mol. The Morgan fingerprint density at radius 3 is 2.24 bits per heavy atom. The molecule has 0 fully saturated rings. The molecule has 0 atom stereocenters. The van der Waals surface area contributed by atoms with Crippen LogP contribution in [0.25, 0.3) is 11.5 Å². The van der Waals surface area contributed by atoms with Gasteiger partial charge in [0.15, 0.2) is 5.60 Å². The SMILES string of the molecule is Cc1oc(-c2ccc(C(C)(C)C)cc2)nc1CCCCCCOC(C)(C)C(=O)O. The van der Waals surface area contributed by atoms with Crippen molar-refractivity contribution in [1.29, 1.82) is 0 Å². The number of aryl methyl sites for hydroxylation is 2. The Balaban J connectivity index is 1.79. The topological polar surface area (TPSA) is 72.6 Å². The predicted molar refractivity (Wildman–Crippen MR) is 115 cm³/mol. The van der Waals surface area contributed by atoms with E-state index in [-0.39, 0.29) is 5.41 Å². The van der Waals surface area contributed by atoms with E-state index >= 15 is 0 Å². The third-order valence-corrected chi connectivity index (χ3v) is 5.18. The maximum atomic E-state index is 11.0. The highest BCUT2D eigenvalue weighted by molar-refractivity contribution is 5.76. The Labute approximate surface area is 174 Å². The minimum atomic E-state index is -1.11. The number of aliphatic carboxylic acids is 1. The first-order valence-electron chi connectivity index (χ1n) is 10.5. The summed E-state index contributed by atoms with van der Waals surface area (Å²) in [5.74, 6) is 0.636. The van der Waals surface area contributed by atoms with Crippen LogP contribution in [-0.2, 0) is 21.4 Å². The summed E-state index contributed by atoms with van der Waals surface area (Å²) in [6, 6.07) is 8.44. The smallest absolute Gasteiger partial charge is 0.335 e. The van der Waals surface area contributed by atoms with E-state index in [9.17, 15) is 4.79 Å². The zero-order valence-corrected chi connectivity index (χ0v) is 18.7. The molecule has 0 radical (unpaired) electrons. The molecule has 0 saturated heterocycles. The first kappa shape index (κ1) is 23.1. The van der Waals surface area contributed by atoms with Crippen molar-refractivity contribution >= 4 is 5.97 Å². The molecule has 1 N–H and O–H groups in total. The second kappa shape index (κ2) is 9.57. The number of rotatable bonds is 10. The molecule has 0 aliphatic carbocycles. The number of hydrogen-bond donors (Lipinski definition) is 1. The molecule has 5 nitrogen and oxygen atoms in total. The number of oxazole rings is 1. The van der Waals surface area contributed by atoms with E-state index in [4.69, 9.17) is 19.2 Å². The maximum Gasteiger partial charge on any atom is 0.335 e. The number of nitrogens with zero attached hydrogens (tertiary/aromatic N) is 1. The van der Waals surface area contributed by atoms with Crippen molar-refractivity contribution in [2.45, 2.75) is 84.7 Å². The van der Waals surface area contributed by atoms with Gasteiger partial charge in [0.1, 0.15) is 5.76 Å². The van der Waals surface area contributed by atoms with Gasteiger partial charge in [-0.3, -0.25) is 0 Å². The van der Waals surface area contributed by atoms with Crippen LogP contribution in [0.5, 0.6) is 0 Å². The molecule has 0 unspecified atom stereocenters. The van der Waals surface area contributed by atoms with Crippen molar-refractivity contribution < 1.29 is 19.1 Å². The Morgan fingerprint density at radius 2 is 1.66 bits per heavy atom. The fraction of sp³-hybridized carbons (Fsp3) is 0.583. The molecular formula is C24H35NO4. The zero-order chi connectivity index (χ0) is 21.7. The lowest BCUT2D eigenvalue weighted by Gasteiger charge is -2.19. The van der Waals surface area contributed by atoms with Gasteiger partial charge in [0.05, 0.1) is 5.69 Å². The molecular weight excluding hydrogens is 366 g/mol. The monoisotopic (exact) mass is 401 g/mol. The third-order valence-electron chi connectivity index (χ3n) is 5.18. The van der Waals surface area contributed by atoms with Crippen LogP contribution in [0, 0.1) is 6.92 Å². The third kappa shape index (κ3) is 6.70. The lowest BCUT2D eigenvalue weighted by molar-refractivity contribution is -0.161. The lowest BCUT2D eigenvalue weighted by Crippen LogP contribution is -2.35. The van der Waals surface area contributed by atoms with Crippen LogP contribution in [0.15, 0.2) is 28.7 Å². The largest absolute Gasteiger partial charge is 0.479 e. The van der Waals surface area contributed by atoms with Gasteiger partial charge in [0.2, 0.25) is 5.89 Å². The summed E-state index contributed by atoms with van der Waals surface area (Å²) in [6.07, 6.45) is 4.83. The summed E-state index contributed by atoms with van der Waals surface area (Å²) in [5, 5.41) is 9.03. The van der Waals surface area contributed by atoms with Crippen molar-refractivity contribution in [3.05, 3.63) is 41.3 Å². The number of aromatic nitrogens is 1. The van der Waals surface area contributed by atoms with E-state index in [1.165, 1.54) is 5.56 Å². The number of hydrogen-bond acceptors (Lipinski definition) is 4. The van der Waals surface area contributed by atoms with Gasteiger partial charge in [-0.2, -0.15) is 0 Å². The molecule has 160 valence electrons. The molecule has 1 aromatic heterocycles. The van der Waals surface area contributed by atoms with Crippen molar-refractivity contribution in [2.75, 3.05) is 6.61 Å². The Morgan fingerprint density at radius 1 is 1.03 bits per heavy atom. The Hall–Kier alpha value is -2.14. The van der Waals surface area contributed by atoms with E-state index in [2.05, 4.69) is 45.0 Å². The Bertz CT molecular complexity index is 797. The van der Waals surface area contributed by atoms with Gasteiger partial charge < -0.3 is 14.3 Å². The van der Waals surface area contributed by atoms with E-state index in [0.29, 0.717) is 12.5 Å². The number of carbonyl (C=O) groups is 1. The molecule has 2 aromatic rings. The van der Waals surface area contributed by atoms with Crippen LogP contribution in [0.1, 0.15) is 77.3 Å². The van der Waals surface area contributed by atoms with E-state index in [0.717, 1.165) is 49.1 Å². The summed E-state index contributed by atoms with van der Waals surface area (Å²) in [6.45, 7) is 12.2. The van der Waals surface area contributed by atoms with Gasteiger partial charge in [-0.05, 0) is 63.1 Å². The minimum absolute atomic E-state index is 0.130. The van der Waals surface area contributed by atoms with Gasteiger partial charge >= 0.3 is 5.97 Å². The molecule has 0 aliphatic heterocycles. The molecule has 1 heterocycles. The number of ether oxygens (including phenoxy) is 1. The molecule has 0 bridgehead atoms. The van der Waals surface area contributed by atoms with Crippen LogP contribution >= 0.6 is 0 Å². The van der Waals surface area contributed by atoms with Crippen LogP contribution in [0.4, 0.5) is 0 Å². The van der Waals surface area contributed by atoms with Crippen molar-refractivity contribution in [1.82, 2.24) is 4.98 Å². The van der Waals surface area contributed by atoms with Gasteiger partial charge in [-0.25, -0.2) is 9.78 Å². The molecule has 0 spiro atoms. The molecule has 0 aliphatic rings. The molecule has 0 saturated carbocycles. The lowest BCUT2D eigenvalue weighted by atomic mass is 9.87. The fourth-order valence-electron chi connectivity index (χ4n) is 3.03. The minimum Gasteiger partial charge on any atom is -0.479 e. The van der Waals surface area contributed by atoms with Crippen molar-refractivity contribution in [3.63, 3.8) is 0 Å². The Kier molecular flexibility index (Phi) is 7.64. The summed E-state index contributed by atoms with van der Waals surface area (Å²) in [4.78, 5) is 15.7. The van der Waals surface area contributed by atoms with Gasteiger partial charge in [0, 0.05) is 12.2 Å². The molecule has 2 rings (SSSR count). The van der Waals surface area contributed by atoms with Crippen LogP contribution < -0.4 is 0 Å². The molecule has 0 amide bonds. The summed E-state index contributed by atoms with van der Waals surface area (Å²) >= 11 is 0. The highest BCUT2D eigenvalue weighted by atomic mass is 16.5. The van der Waals surface area contributed by atoms with Crippen molar-refractivity contribution in [2.24, 2.45) is 0 Å². The van der Waals surface area contributed by atoms with Crippen LogP contribution in [0.3, 0.4) is 0 Å². The number of carboxylic acid groups (broad SMARTS) is 1. The number of benzene rings is 1. The highest BCUT2D eigenvalue weighted by Crippen LogP contribution is 2.27. The van der Waals surface area contributed by atoms with Crippen molar-refractivity contribution in [3.8, 4) is 11.5 Å². The van der Waals surface area contributed by atoms with E-state index in [1.807, 2.05) is 6.92 Å². The predicted octanol–water partition coefficient (Wildman–Crippen LogP) is 5.93. The maximum absolute atomic E-state index is 11.0. The fourth-order valence-corrected chi connectivity index (χ4v) is 3.03. The summed E-state index contributed by atoms with van der Waals surface area (Å²) in [7, 11) is 0. The van der Waals surface area contributed by atoms with Gasteiger partial charge in [-0.1, -0.05) is 45.7 Å². The highest BCUT2D eigenvalue weighted by Gasteiger charge is 2.27. The number of unbranched alkanes of at least 4 members (excludes halogenated alkanes) is 3. The van der Waals surface area contributed by atoms with Crippen LogP contribution in [-0.4, -0.2) is 28.3 Å². The van der Waals surface area contributed by atoms with Gasteiger partial charge in [-0.15, -0.1) is 0 Å². The first-order valence-corrected chi connectivity index (χ1v) is 10.5. The molecule has 1 aromatic carbocycles. The van der Waals surface area contributed by atoms with Crippen LogP contribution in [0.2, 0.25) is 0 Å². The summed E-state index contributed by atoms with van der Waals surface area (Å²) < 4.78 is 11.3. The number of carboxylic acids is 1.